The Labute approximate surface area is 112 Å². The minimum atomic E-state index is -0.830. The summed E-state index contributed by atoms with van der Waals surface area (Å²) < 4.78 is 16.8. The lowest BCUT2D eigenvalue weighted by atomic mass is 9.80. The summed E-state index contributed by atoms with van der Waals surface area (Å²) in [6.45, 7) is 4.72. The molecular formula is C15H18O4. The highest BCUT2D eigenvalue weighted by molar-refractivity contribution is 5.86. The van der Waals surface area contributed by atoms with E-state index in [1.165, 1.54) is 0 Å². The monoisotopic (exact) mass is 262 g/mol. The summed E-state index contributed by atoms with van der Waals surface area (Å²) in [7, 11) is 0. The van der Waals surface area contributed by atoms with E-state index in [1.807, 2.05) is 38.1 Å². The molecule has 1 spiro atoms. The largest absolute Gasteiger partial charge is 0.493 e. The molecule has 2 unspecified atom stereocenters. The highest BCUT2D eigenvalue weighted by Gasteiger charge is 2.76. The average molecular weight is 262 g/mol. The molecule has 0 N–H and O–H groups in total. The Morgan fingerprint density at radius 2 is 2.16 bits per heavy atom. The topological polar surface area (TPSA) is 48.1 Å². The van der Waals surface area contributed by atoms with Crippen LogP contribution in [0.3, 0.4) is 0 Å². The molecule has 1 fully saturated rings. The number of rotatable bonds is 3. The van der Waals surface area contributed by atoms with E-state index in [-0.39, 0.29) is 5.97 Å². The van der Waals surface area contributed by atoms with Crippen LogP contribution < -0.4 is 4.74 Å². The van der Waals surface area contributed by atoms with Crippen LogP contribution in [-0.4, -0.2) is 24.8 Å². The molecule has 0 aliphatic carbocycles. The Balaban J connectivity index is 2.01. The lowest BCUT2D eigenvalue weighted by Crippen LogP contribution is -2.37. The third kappa shape index (κ3) is 1.53. The van der Waals surface area contributed by atoms with Gasteiger partial charge in [-0.05, 0) is 19.4 Å². The molecule has 1 aromatic rings. The molecule has 1 saturated heterocycles. The van der Waals surface area contributed by atoms with Gasteiger partial charge in [-0.15, -0.1) is 0 Å². The second-order valence-corrected chi connectivity index (χ2v) is 4.92. The van der Waals surface area contributed by atoms with Crippen molar-refractivity contribution in [3.63, 3.8) is 0 Å². The third-order valence-electron chi connectivity index (χ3n) is 4.10. The first-order chi connectivity index (χ1) is 9.20. The quantitative estimate of drug-likeness (QED) is 0.620. The van der Waals surface area contributed by atoms with Gasteiger partial charge in [0.2, 0.25) is 0 Å². The van der Waals surface area contributed by atoms with E-state index in [1.54, 1.807) is 0 Å². The van der Waals surface area contributed by atoms with Gasteiger partial charge >= 0.3 is 5.97 Å². The Bertz CT molecular complexity index is 513. The molecule has 19 heavy (non-hydrogen) atoms. The molecule has 0 aromatic heterocycles. The van der Waals surface area contributed by atoms with E-state index in [4.69, 9.17) is 14.2 Å². The van der Waals surface area contributed by atoms with Crippen molar-refractivity contribution < 1.29 is 19.0 Å². The van der Waals surface area contributed by atoms with Gasteiger partial charge in [0.15, 0.2) is 5.60 Å². The molecule has 0 bridgehead atoms. The Hall–Kier alpha value is -1.55. The van der Waals surface area contributed by atoms with Gasteiger partial charge in [-0.3, -0.25) is 0 Å². The van der Waals surface area contributed by atoms with Gasteiger partial charge in [0.25, 0.3) is 0 Å². The fraction of sp³-hybridized carbons (Fsp3) is 0.533. The van der Waals surface area contributed by atoms with E-state index in [0.717, 1.165) is 11.3 Å². The molecule has 1 aromatic carbocycles. The van der Waals surface area contributed by atoms with Gasteiger partial charge in [-0.2, -0.15) is 0 Å². The number of hydrogen-bond donors (Lipinski definition) is 0. The third-order valence-corrected chi connectivity index (χ3v) is 4.10. The Morgan fingerprint density at radius 3 is 2.89 bits per heavy atom. The minimum absolute atomic E-state index is 0.255. The van der Waals surface area contributed by atoms with Gasteiger partial charge in [0, 0.05) is 12.0 Å². The molecule has 4 nitrogen and oxygen atoms in total. The number of fused-ring (bicyclic) bond motifs is 2. The Morgan fingerprint density at radius 1 is 1.37 bits per heavy atom. The SMILES string of the molecule is CCOC(=O)C1(CC)OC12CCOc1ccccc12. The average Bonchev–Trinajstić information content (AvgIpc) is 3.10. The summed E-state index contributed by atoms with van der Waals surface area (Å²) in [4.78, 5) is 12.3. The number of ether oxygens (including phenoxy) is 3. The van der Waals surface area contributed by atoms with Crippen molar-refractivity contribution in [2.75, 3.05) is 13.2 Å². The van der Waals surface area contributed by atoms with Crippen molar-refractivity contribution in [2.24, 2.45) is 0 Å². The summed E-state index contributed by atoms with van der Waals surface area (Å²) in [5.74, 6) is 0.558. The molecule has 2 aliphatic rings. The lowest BCUT2D eigenvalue weighted by Gasteiger charge is -2.25. The molecule has 102 valence electrons. The van der Waals surface area contributed by atoms with Gasteiger partial charge in [0.1, 0.15) is 11.4 Å². The Kier molecular flexibility index (Phi) is 2.78. The summed E-state index contributed by atoms with van der Waals surface area (Å²) in [5, 5.41) is 0. The van der Waals surface area contributed by atoms with Crippen molar-refractivity contribution >= 4 is 5.97 Å². The number of epoxide rings is 1. The van der Waals surface area contributed by atoms with Crippen LogP contribution in [0.25, 0.3) is 0 Å². The maximum Gasteiger partial charge on any atom is 0.341 e. The number of para-hydroxylation sites is 1. The molecule has 4 heteroatoms. The van der Waals surface area contributed by atoms with Gasteiger partial charge in [-0.25, -0.2) is 4.79 Å². The summed E-state index contributed by atoms with van der Waals surface area (Å²) in [6.07, 6.45) is 1.30. The van der Waals surface area contributed by atoms with E-state index in [9.17, 15) is 4.79 Å². The van der Waals surface area contributed by atoms with Gasteiger partial charge in [0.05, 0.1) is 13.2 Å². The maximum absolute atomic E-state index is 12.3. The van der Waals surface area contributed by atoms with E-state index in [2.05, 4.69) is 0 Å². The fourth-order valence-electron chi connectivity index (χ4n) is 3.12. The first-order valence-corrected chi connectivity index (χ1v) is 6.80. The number of hydrogen-bond acceptors (Lipinski definition) is 4. The summed E-state index contributed by atoms with van der Waals surface area (Å²) in [6, 6.07) is 7.77. The van der Waals surface area contributed by atoms with Crippen LogP contribution in [0, 0.1) is 0 Å². The molecule has 0 saturated carbocycles. The number of carbonyl (C=O) groups is 1. The first-order valence-electron chi connectivity index (χ1n) is 6.80. The van der Waals surface area contributed by atoms with E-state index >= 15 is 0 Å². The molecular weight excluding hydrogens is 244 g/mol. The molecule has 3 rings (SSSR count). The predicted octanol–water partition coefficient (Wildman–Crippen LogP) is 2.41. The van der Waals surface area contributed by atoms with Gasteiger partial charge in [-0.1, -0.05) is 25.1 Å². The maximum atomic E-state index is 12.3. The van der Waals surface area contributed by atoms with Crippen LogP contribution in [0.4, 0.5) is 0 Å². The van der Waals surface area contributed by atoms with Crippen LogP contribution in [0.2, 0.25) is 0 Å². The molecule has 2 atom stereocenters. The molecule has 2 heterocycles. The summed E-state index contributed by atoms with van der Waals surface area (Å²) >= 11 is 0. The van der Waals surface area contributed by atoms with Crippen LogP contribution in [0.1, 0.15) is 32.3 Å². The minimum Gasteiger partial charge on any atom is -0.493 e. The standard InChI is InChI=1S/C15H18O4/c1-3-14(13(16)17-4-2)15(19-14)9-10-18-12-8-6-5-7-11(12)15/h5-8H,3-4,9-10H2,1-2H3. The highest BCUT2D eigenvalue weighted by atomic mass is 16.7. The highest BCUT2D eigenvalue weighted by Crippen LogP contribution is 2.63. The summed E-state index contributed by atoms with van der Waals surface area (Å²) in [5.41, 5.74) is -0.415. The van der Waals surface area contributed by atoms with Crippen molar-refractivity contribution in [2.45, 2.75) is 37.9 Å². The van der Waals surface area contributed by atoms with Crippen molar-refractivity contribution in [1.82, 2.24) is 0 Å². The zero-order valence-electron chi connectivity index (χ0n) is 11.3. The van der Waals surface area contributed by atoms with Crippen molar-refractivity contribution in [3.8, 4) is 5.75 Å². The van der Waals surface area contributed by atoms with E-state index < -0.39 is 11.2 Å². The first kappa shape index (κ1) is 12.5. The zero-order chi connectivity index (χ0) is 13.5. The normalized spacial score (nSPS) is 31.5. The lowest BCUT2D eigenvalue weighted by molar-refractivity contribution is -0.149. The predicted molar refractivity (Wildman–Crippen MR) is 69.0 cm³/mol. The smallest absolute Gasteiger partial charge is 0.341 e. The fourth-order valence-corrected chi connectivity index (χ4v) is 3.12. The van der Waals surface area contributed by atoms with Crippen molar-refractivity contribution in [1.29, 1.82) is 0 Å². The second-order valence-electron chi connectivity index (χ2n) is 4.92. The zero-order valence-corrected chi connectivity index (χ0v) is 11.3. The van der Waals surface area contributed by atoms with Crippen LogP contribution >= 0.6 is 0 Å². The number of benzene rings is 1. The van der Waals surface area contributed by atoms with E-state index in [0.29, 0.717) is 26.1 Å². The number of esters is 1. The van der Waals surface area contributed by atoms with Crippen LogP contribution in [0.15, 0.2) is 24.3 Å². The molecule has 0 amide bonds. The van der Waals surface area contributed by atoms with Crippen molar-refractivity contribution in [3.05, 3.63) is 29.8 Å². The second kappa shape index (κ2) is 4.23. The van der Waals surface area contributed by atoms with Crippen LogP contribution in [-0.2, 0) is 19.9 Å². The van der Waals surface area contributed by atoms with Crippen LogP contribution in [0.5, 0.6) is 5.75 Å². The molecule has 2 aliphatic heterocycles. The van der Waals surface area contributed by atoms with Gasteiger partial charge < -0.3 is 14.2 Å². The molecule has 0 radical (unpaired) electrons. The number of carbonyl (C=O) groups excluding carboxylic acids is 1.